The number of anilines is 1. The summed E-state index contributed by atoms with van der Waals surface area (Å²) in [7, 11) is 1.61. The van der Waals surface area contributed by atoms with Gasteiger partial charge in [0.1, 0.15) is 11.6 Å². The maximum absolute atomic E-state index is 12.6. The van der Waals surface area contributed by atoms with Crippen molar-refractivity contribution in [2.24, 2.45) is 0 Å². The first-order valence-corrected chi connectivity index (χ1v) is 9.54. The molecule has 1 aliphatic rings. The Balaban J connectivity index is 1.74. The lowest BCUT2D eigenvalue weighted by Gasteiger charge is -2.24. The number of carbonyl (C=O) groups is 2. The van der Waals surface area contributed by atoms with Crippen LogP contribution < -0.4 is 10.5 Å². The largest absolute Gasteiger partial charge is 0.458 e. The minimum atomic E-state index is -0.640. The number of carbonyl (C=O) groups excluding carboxylic acids is 2. The van der Waals surface area contributed by atoms with Gasteiger partial charge in [0.25, 0.3) is 5.56 Å². The highest BCUT2D eigenvalue weighted by Crippen LogP contribution is 2.30. The number of esters is 1. The van der Waals surface area contributed by atoms with E-state index in [4.69, 9.17) is 4.74 Å². The van der Waals surface area contributed by atoms with Crippen LogP contribution in [0.4, 0.5) is 9.80 Å². The molecule has 0 radical (unpaired) electrons. The molecule has 2 aromatic heterocycles. The second kappa shape index (κ2) is 7.19. The molecular formula is C19H23N3O4S. The van der Waals surface area contributed by atoms with Crippen LogP contribution in [0.5, 0.6) is 0 Å². The summed E-state index contributed by atoms with van der Waals surface area (Å²) >= 11 is 1.42. The average Bonchev–Trinajstić information content (AvgIpc) is 3.14. The van der Waals surface area contributed by atoms with Crippen molar-refractivity contribution in [2.75, 3.05) is 18.5 Å². The average molecular weight is 389 g/mol. The summed E-state index contributed by atoms with van der Waals surface area (Å²) < 4.78 is 7.03. The van der Waals surface area contributed by atoms with E-state index < -0.39 is 17.6 Å². The second-order valence-corrected chi connectivity index (χ2v) is 8.40. The molecule has 0 aliphatic carbocycles. The lowest BCUT2D eigenvalue weighted by Crippen LogP contribution is -2.40. The number of hydrogen-bond donors (Lipinski definition) is 0. The Hall–Kier alpha value is -2.61. The van der Waals surface area contributed by atoms with Crippen molar-refractivity contribution < 1.29 is 14.3 Å². The molecule has 1 atom stereocenters. The zero-order valence-corrected chi connectivity index (χ0v) is 16.7. The Morgan fingerprint density at radius 3 is 2.70 bits per heavy atom. The number of ether oxygens (including phenoxy) is 1. The van der Waals surface area contributed by atoms with Crippen molar-refractivity contribution in [1.82, 2.24) is 9.47 Å². The predicted molar refractivity (Wildman–Crippen MR) is 104 cm³/mol. The van der Waals surface area contributed by atoms with Crippen molar-refractivity contribution in [3.8, 4) is 0 Å². The maximum Gasteiger partial charge on any atom is 0.331 e. The smallest absolute Gasteiger partial charge is 0.331 e. The summed E-state index contributed by atoms with van der Waals surface area (Å²) in [5.41, 5.74) is 0.250. The first-order valence-electron chi connectivity index (χ1n) is 8.66. The molecule has 1 fully saturated rings. The summed E-state index contributed by atoms with van der Waals surface area (Å²) in [6.45, 7) is 6.09. The fourth-order valence-corrected chi connectivity index (χ4v) is 3.77. The third-order valence-corrected chi connectivity index (χ3v) is 5.19. The molecule has 8 heteroatoms. The molecule has 0 aromatic carbocycles. The van der Waals surface area contributed by atoms with Gasteiger partial charge in [-0.05, 0) is 43.8 Å². The Labute approximate surface area is 161 Å². The highest BCUT2D eigenvalue weighted by atomic mass is 32.1. The number of amides is 2. The third-order valence-electron chi connectivity index (χ3n) is 4.19. The fourth-order valence-electron chi connectivity index (χ4n) is 2.86. The van der Waals surface area contributed by atoms with E-state index in [0.717, 1.165) is 10.6 Å². The SMILES string of the molecule is CN1C(=O)N(c2cc(Cn3ccccc3=O)cs2)C[C@@H]1C(=O)OC(C)(C)C. The van der Waals surface area contributed by atoms with Gasteiger partial charge in [-0.1, -0.05) is 6.07 Å². The van der Waals surface area contributed by atoms with Gasteiger partial charge in [0.2, 0.25) is 0 Å². The predicted octanol–water partition coefficient (Wildman–Crippen LogP) is 2.54. The molecule has 3 rings (SSSR count). The molecule has 2 aromatic rings. The quantitative estimate of drug-likeness (QED) is 0.754. The van der Waals surface area contributed by atoms with Gasteiger partial charge in [-0.2, -0.15) is 0 Å². The van der Waals surface area contributed by atoms with E-state index in [1.54, 1.807) is 55.6 Å². The van der Waals surface area contributed by atoms with Gasteiger partial charge in [-0.25, -0.2) is 9.59 Å². The van der Waals surface area contributed by atoms with Crippen molar-refractivity contribution in [2.45, 2.75) is 39.0 Å². The highest BCUT2D eigenvalue weighted by molar-refractivity contribution is 7.14. The molecule has 1 saturated heterocycles. The molecule has 0 spiro atoms. The van der Waals surface area contributed by atoms with E-state index in [0.29, 0.717) is 6.54 Å². The first kappa shape index (κ1) is 19.2. The van der Waals surface area contributed by atoms with Gasteiger partial charge in [0.05, 0.1) is 18.1 Å². The van der Waals surface area contributed by atoms with Crippen LogP contribution in [-0.4, -0.2) is 46.7 Å². The molecule has 1 aliphatic heterocycles. The molecule has 144 valence electrons. The second-order valence-electron chi connectivity index (χ2n) is 7.51. The van der Waals surface area contributed by atoms with E-state index in [1.807, 2.05) is 11.4 Å². The Morgan fingerprint density at radius 1 is 1.30 bits per heavy atom. The van der Waals surface area contributed by atoms with Crippen LogP contribution in [0, 0.1) is 0 Å². The summed E-state index contributed by atoms with van der Waals surface area (Å²) in [6, 6.07) is 6.02. The van der Waals surface area contributed by atoms with E-state index in [9.17, 15) is 14.4 Å². The summed E-state index contributed by atoms with van der Waals surface area (Å²) in [4.78, 5) is 39.9. The van der Waals surface area contributed by atoms with E-state index in [1.165, 1.54) is 22.3 Å². The molecular weight excluding hydrogens is 366 g/mol. The molecule has 2 amide bonds. The number of urea groups is 1. The fraction of sp³-hybridized carbons (Fsp3) is 0.421. The minimum Gasteiger partial charge on any atom is -0.458 e. The number of rotatable bonds is 4. The zero-order chi connectivity index (χ0) is 19.8. The summed E-state index contributed by atoms with van der Waals surface area (Å²) in [5, 5.41) is 2.67. The number of likely N-dealkylation sites (N-methyl/N-ethyl adjacent to an activating group) is 1. The highest BCUT2D eigenvalue weighted by Gasteiger charge is 2.42. The molecule has 27 heavy (non-hydrogen) atoms. The van der Waals surface area contributed by atoms with Crippen LogP contribution in [0.15, 0.2) is 40.6 Å². The Kier molecular flexibility index (Phi) is 5.10. The van der Waals surface area contributed by atoms with Crippen molar-refractivity contribution in [1.29, 1.82) is 0 Å². The van der Waals surface area contributed by atoms with Gasteiger partial charge in [0, 0.05) is 19.3 Å². The van der Waals surface area contributed by atoms with Crippen LogP contribution in [0.1, 0.15) is 26.3 Å². The Bertz CT molecular complexity index is 912. The molecule has 7 nitrogen and oxygen atoms in total. The lowest BCUT2D eigenvalue weighted by atomic mass is 10.2. The van der Waals surface area contributed by atoms with Gasteiger partial charge < -0.3 is 14.2 Å². The van der Waals surface area contributed by atoms with Crippen LogP contribution >= 0.6 is 11.3 Å². The summed E-state index contributed by atoms with van der Waals surface area (Å²) in [6.07, 6.45) is 1.73. The first-order chi connectivity index (χ1) is 12.7. The van der Waals surface area contributed by atoms with Crippen LogP contribution in [-0.2, 0) is 16.1 Å². The monoisotopic (exact) mass is 389 g/mol. The van der Waals surface area contributed by atoms with Gasteiger partial charge >= 0.3 is 12.0 Å². The normalized spacial score (nSPS) is 17.5. The van der Waals surface area contributed by atoms with Crippen LogP contribution in [0.25, 0.3) is 0 Å². The number of pyridine rings is 1. The van der Waals surface area contributed by atoms with E-state index in [-0.39, 0.29) is 18.1 Å². The zero-order valence-electron chi connectivity index (χ0n) is 15.8. The Morgan fingerprint density at radius 2 is 2.04 bits per heavy atom. The maximum atomic E-state index is 12.6. The van der Waals surface area contributed by atoms with E-state index >= 15 is 0 Å². The molecule has 3 heterocycles. The third kappa shape index (κ3) is 4.21. The summed E-state index contributed by atoms with van der Waals surface area (Å²) in [5.74, 6) is -0.409. The van der Waals surface area contributed by atoms with Crippen molar-refractivity contribution in [3.05, 3.63) is 51.8 Å². The van der Waals surface area contributed by atoms with E-state index in [2.05, 4.69) is 0 Å². The van der Waals surface area contributed by atoms with Gasteiger partial charge in [-0.3, -0.25) is 9.69 Å². The number of aromatic nitrogens is 1. The minimum absolute atomic E-state index is 0.0766. The number of hydrogen-bond acceptors (Lipinski definition) is 5. The van der Waals surface area contributed by atoms with Gasteiger partial charge in [-0.15, -0.1) is 11.3 Å². The molecule has 0 bridgehead atoms. The van der Waals surface area contributed by atoms with Crippen molar-refractivity contribution in [3.63, 3.8) is 0 Å². The number of thiophene rings is 1. The number of nitrogens with zero attached hydrogens (tertiary/aromatic N) is 3. The van der Waals surface area contributed by atoms with Crippen LogP contribution in [0.2, 0.25) is 0 Å². The molecule has 0 saturated carbocycles. The molecule has 0 N–H and O–H groups in total. The lowest BCUT2D eigenvalue weighted by molar-refractivity contribution is -0.158. The van der Waals surface area contributed by atoms with Gasteiger partial charge in [0.15, 0.2) is 0 Å². The van der Waals surface area contributed by atoms with Crippen molar-refractivity contribution >= 4 is 28.3 Å². The molecule has 0 unspecified atom stereocenters. The standard InChI is InChI=1S/C19H23N3O4S/c1-19(2,3)26-17(24)14-11-22(18(25)20(14)4)16-9-13(12-27-16)10-21-8-6-5-7-15(21)23/h5-9,12,14H,10-11H2,1-4H3/t14-/m1/s1. The topological polar surface area (TPSA) is 71.9 Å². The van der Waals surface area contributed by atoms with Crippen LogP contribution in [0.3, 0.4) is 0 Å².